The zero-order valence-electron chi connectivity index (χ0n) is 16.2. The van der Waals surface area contributed by atoms with E-state index < -0.39 is 24.5 Å². The molecule has 0 aliphatic carbocycles. The number of fused-ring (bicyclic) bond motifs is 1. The summed E-state index contributed by atoms with van der Waals surface area (Å²) in [5.74, 6) is -0.106. The Morgan fingerprint density at radius 1 is 1.10 bits per heavy atom. The molecule has 0 saturated heterocycles. The molecule has 2 aromatic rings. The molecule has 0 fully saturated rings. The second-order valence-electron chi connectivity index (χ2n) is 6.65. The van der Waals surface area contributed by atoms with E-state index in [1.807, 2.05) is 25.1 Å². The second-order valence-corrected chi connectivity index (χ2v) is 6.65. The number of hydrogen-bond donors (Lipinski definition) is 2. The van der Waals surface area contributed by atoms with E-state index in [1.165, 1.54) is 0 Å². The molecular formula is C21H22N2O6. The normalized spacial score (nSPS) is 14.6. The number of nitrogens with one attached hydrogen (secondary N) is 2. The maximum atomic E-state index is 12.1. The summed E-state index contributed by atoms with van der Waals surface area (Å²) in [5, 5.41) is 4.64. The van der Waals surface area contributed by atoms with Crippen LogP contribution in [-0.2, 0) is 9.53 Å². The zero-order valence-corrected chi connectivity index (χ0v) is 16.2. The van der Waals surface area contributed by atoms with Crippen LogP contribution < -0.4 is 20.1 Å². The van der Waals surface area contributed by atoms with Crippen molar-refractivity contribution in [1.82, 2.24) is 10.6 Å². The smallest absolute Gasteiger partial charge is 0.338 e. The van der Waals surface area contributed by atoms with Gasteiger partial charge in [0.2, 0.25) is 0 Å². The molecule has 1 atom stereocenters. The zero-order chi connectivity index (χ0) is 20.8. The summed E-state index contributed by atoms with van der Waals surface area (Å²) in [6.45, 7) is 3.56. The van der Waals surface area contributed by atoms with Crippen molar-refractivity contribution in [2.45, 2.75) is 20.0 Å². The highest BCUT2D eigenvalue weighted by Crippen LogP contribution is 2.30. The number of rotatable bonds is 5. The molecule has 29 heavy (non-hydrogen) atoms. The summed E-state index contributed by atoms with van der Waals surface area (Å²) in [5.41, 5.74) is 2.15. The molecule has 152 valence electrons. The molecule has 1 aliphatic rings. The van der Waals surface area contributed by atoms with E-state index in [-0.39, 0.29) is 19.3 Å². The fourth-order valence-corrected chi connectivity index (χ4v) is 2.83. The summed E-state index contributed by atoms with van der Waals surface area (Å²) in [4.78, 5) is 35.8. The number of imide groups is 1. The van der Waals surface area contributed by atoms with Crippen LogP contribution in [0, 0.1) is 13.8 Å². The van der Waals surface area contributed by atoms with Crippen LogP contribution in [0.3, 0.4) is 0 Å². The quantitative estimate of drug-likeness (QED) is 0.748. The predicted octanol–water partition coefficient (Wildman–Crippen LogP) is 2.13. The lowest BCUT2D eigenvalue weighted by atomic mass is 10.1. The highest BCUT2D eigenvalue weighted by molar-refractivity contribution is 5.97. The summed E-state index contributed by atoms with van der Waals surface area (Å²) < 4.78 is 16.2. The molecule has 1 heterocycles. The number of para-hydroxylation sites is 2. The molecule has 0 bridgehead atoms. The molecule has 8 nitrogen and oxygen atoms in total. The minimum atomic E-state index is -0.730. The lowest BCUT2D eigenvalue weighted by molar-refractivity contribution is -0.123. The predicted molar refractivity (Wildman–Crippen MR) is 104 cm³/mol. The first-order valence-corrected chi connectivity index (χ1v) is 9.13. The number of urea groups is 1. The van der Waals surface area contributed by atoms with E-state index in [2.05, 4.69) is 10.6 Å². The van der Waals surface area contributed by atoms with Crippen LogP contribution in [0.5, 0.6) is 11.5 Å². The largest absolute Gasteiger partial charge is 0.486 e. The van der Waals surface area contributed by atoms with Gasteiger partial charge in [-0.05, 0) is 37.6 Å². The van der Waals surface area contributed by atoms with Crippen LogP contribution in [-0.4, -0.2) is 43.8 Å². The van der Waals surface area contributed by atoms with Crippen molar-refractivity contribution in [1.29, 1.82) is 0 Å². The van der Waals surface area contributed by atoms with Gasteiger partial charge in [0.1, 0.15) is 6.61 Å². The van der Waals surface area contributed by atoms with Crippen molar-refractivity contribution >= 4 is 17.9 Å². The first-order valence-electron chi connectivity index (χ1n) is 9.13. The fourth-order valence-electron chi connectivity index (χ4n) is 2.83. The Hall–Kier alpha value is -3.55. The van der Waals surface area contributed by atoms with Crippen molar-refractivity contribution in [3.8, 4) is 11.5 Å². The molecule has 0 saturated carbocycles. The van der Waals surface area contributed by atoms with Crippen molar-refractivity contribution in [3.63, 3.8) is 0 Å². The van der Waals surface area contributed by atoms with E-state index in [4.69, 9.17) is 14.2 Å². The van der Waals surface area contributed by atoms with Crippen LogP contribution in [0.25, 0.3) is 0 Å². The molecular weight excluding hydrogens is 376 g/mol. The van der Waals surface area contributed by atoms with Gasteiger partial charge in [0.15, 0.2) is 24.2 Å². The second kappa shape index (κ2) is 9.09. The number of esters is 1. The number of aryl methyl sites for hydroxylation is 2. The van der Waals surface area contributed by atoms with Crippen LogP contribution in [0.4, 0.5) is 4.79 Å². The maximum absolute atomic E-state index is 12.1. The van der Waals surface area contributed by atoms with Crippen LogP contribution in [0.1, 0.15) is 21.5 Å². The fraction of sp³-hybridized carbons (Fsp3) is 0.286. The van der Waals surface area contributed by atoms with E-state index in [9.17, 15) is 14.4 Å². The number of carbonyl (C=O) groups excluding carboxylic acids is 3. The van der Waals surface area contributed by atoms with Gasteiger partial charge in [-0.15, -0.1) is 0 Å². The van der Waals surface area contributed by atoms with E-state index in [1.54, 1.807) is 31.2 Å². The van der Waals surface area contributed by atoms with Gasteiger partial charge in [-0.3, -0.25) is 10.1 Å². The highest BCUT2D eigenvalue weighted by Gasteiger charge is 2.21. The molecule has 0 aromatic heterocycles. The lowest BCUT2D eigenvalue weighted by Gasteiger charge is -2.26. The minimum Gasteiger partial charge on any atom is -0.486 e. The van der Waals surface area contributed by atoms with Crippen LogP contribution in [0.15, 0.2) is 42.5 Å². The summed E-state index contributed by atoms with van der Waals surface area (Å²) in [7, 11) is 0. The summed E-state index contributed by atoms with van der Waals surface area (Å²) >= 11 is 0. The Bertz CT molecular complexity index is 927. The molecule has 2 N–H and O–H groups in total. The Morgan fingerprint density at radius 3 is 2.62 bits per heavy atom. The SMILES string of the molecule is Cc1ccc(C(=O)OCC(=O)NC(=O)NCC2COc3ccccc3O2)c(C)c1. The van der Waals surface area contributed by atoms with E-state index in [0.29, 0.717) is 17.1 Å². The van der Waals surface area contributed by atoms with E-state index in [0.717, 1.165) is 11.1 Å². The molecule has 8 heteroatoms. The van der Waals surface area contributed by atoms with Gasteiger partial charge in [0.05, 0.1) is 12.1 Å². The van der Waals surface area contributed by atoms with Crippen molar-refractivity contribution in [3.05, 3.63) is 59.2 Å². The third kappa shape index (κ3) is 5.47. The van der Waals surface area contributed by atoms with Gasteiger partial charge in [-0.25, -0.2) is 9.59 Å². The standard InChI is InChI=1S/C21H22N2O6/c1-13-7-8-16(14(2)9-13)20(25)28-12-19(24)23-21(26)22-10-15-11-27-17-5-3-4-6-18(17)29-15/h3-9,15H,10-12H2,1-2H3,(H2,22,23,24,26). The Kier molecular flexibility index (Phi) is 6.33. The van der Waals surface area contributed by atoms with Gasteiger partial charge in [-0.2, -0.15) is 0 Å². The van der Waals surface area contributed by atoms with Gasteiger partial charge in [-0.1, -0.05) is 29.8 Å². The Balaban J connectivity index is 1.39. The molecule has 0 radical (unpaired) electrons. The van der Waals surface area contributed by atoms with E-state index >= 15 is 0 Å². The molecule has 1 aliphatic heterocycles. The summed E-state index contributed by atoms with van der Waals surface area (Å²) in [6.07, 6.45) is -0.381. The first kappa shape index (κ1) is 20.2. The monoisotopic (exact) mass is 398 g/mol. The van der Waals surface area contributed by atoms with Crippen molar-refractivity contribution in [2.24, 2.45) is 0 Å². The average molecular weight is 398 g/mol. The minimum absolute atomic E-state index is 0.149. The van der Waals surface area contributed by atoms with Crippen molar-refractivity contribution in [2.75, 3.05) is 19.8 Å². The Morgan fingerprint density at radius 2 is 1.86 bits per heavy atom. The Labute approximate surface area is 168 Å². The van der Waals surface area contributed by atoms with Gasteiger partial charge >= 0.3 is 12.0 Å². The highest BCUT2D eigenvalue weighted by atomic mass is 16.6. The topological polar surface area (TPSA) is 103 Å². The lowest BCUT2D eigenvalue weighted by Crippen LogP contribution is -2.46. The molecule has 2 aromatic carbocycles. The number of amides is 3. The molecule has 1 unspecified atom stereocenters. The molecule has 3 rings (SSSR count). The van der Waals surface area contributed by atoms with Crippen LogP contribution >= 0.6 is 0 Å². The van der Waals surface area contributed by atoms with Crippen molar-refractivity contribution < 1.29 is 28.6 Å². The van der Waals surface area contributed by atoms with Crippen LogP contribution in [0.2, 0.25) is 0 Å². The average Bonchev–Trinajstić information content (AvgIpc) is 2.70. The molecule has 3 amide bonds. The first-order chi connectivity index (χ1) is 13.9. The number of ether oxygens (including phenoxy) is 3. The summed E-state index contributed by atoms with van der Waals surface area (Å²) in [6, 6.07) is 11.8. The number of carbonyl (C=O) groups is 3. The number of hydrogen-bond acceptors (Lipinski definition) is 6. The van der Waals surface area contributed by atoms with Gasteiger partial charge in [0, 0.05) is 0 Å². The van der Waals surface area contributed by atoms with Gasteiger partial charge < -0.3 is 19.5 Å². The van der Waals surface area contributed by atoms with Gasteiger partial charge in [0.25, 0.3) is 5.91 Å². The number of benzene rings is 2. The molecule has 0 spiro atoms. The third-order valence-electron chi connectivity index (χ3n) is 4.25. The maximum Gasteiger partial charge on any atom is 0.338 e. The third-order valence-corrected chi connectivity index (χ3v) is 4.25.